The van der Waals surface area contributed by atoms with Gasteiger partial charge in [0.15, 0.2) is 5.82 Å². The van der Waals surface area contributed by atoms with E-state index in [2.05, 4.69) is 10.1 Å². The van der Waals surface area contributed by atoms with Crippen LogP contribution in [0.1, 0.15) is 18.3 Å². The Bertz CT molecular complexity index is 491. The Morgan fingerprint density at radius 1 is 1.38 bits per heavy atom. The molecule has 0 fully saturated rings. The summed E-state index contributed by atoms with van der Waals surface area (Å²) in [5.74, 6) is 1.65. The van der Waals surface area contributed by atoms with E-state index < -0.39 is 0 Å². The molecule has 0 atom stereocenters. The van der Waals surface area contributed by atoms with Gasteiger partial charge < -0.3 is 4.74 Å². The Morgan fingerprint density at radius 2 is 2.19 bits per heavy atom. The monoisotopic (exact) mass is 217 g/mol. The van der Waals surface area contributed by atoms with Crippen LogP contribution in [0.3, 0.4) is 0 Å². The molecular weight excluding hydrogens is 202 g/mol. The summed E-state index contributed by atoms with van der Waals surface area (Å²) in [7, 11) is 1.66. The van der Waals surface area contributed by atoms with Crippen LogP contribution >= 0.6 is 0 Å². The summed E-state index contributed by atoms with van der Waals surface area (Å²) in [5, 5.41) is 4.36. The minimum atomic E-state index is 0.813. The fraction of sp³-hybridized carbons (Fsp3) is 0.333. The Labute approximate surface area is 94.9 Å². The van der Waals surface area contributed by atoms with E-state index in [1.165, 1.54) is 0 Å². The molecule has 16 heavy (non-hydrogen) atoms. The molecule has 0 saturated carbocycles. The van der Waals surface area contributed by atoms with Gasteiger partial charge in [0.2, 0.25) is 0 Å². The number of aromatic nitrogens is 3. The lowest BCUT2D eigenvalue weighted by Crippen LogP contribution is -1.99. The van der Waals surface area contributed by atoms with Gasteiger partial charge in [-0.05, 0) is 24.6 Å². The van der Waals surface area contributed by atoms with Crippen molar-refractivity contribution >= 4 is 0 Å². The van der Waals surface area contributed by atoms with E-state index in [1.807, 2.05) is 32.0 Å². The third-order valence-electron chi connectivity index (χ3n) is 2.44. The van der Waals surface area contributed by atoms with Gasteiger partial charge in [0.25, 0.3) is 0 Å². The molecule has 0 unspecified atom stereocenters. The second-order valence-corrected chi connectivity index (χ2v) is 3.63. The smallest absolute Gasteiger partial charge is 0.150 e. The van der Waals surface area contributed by atoms with Crippen molar-refractivity contribution in [2.75, 3.05) is 7.11 Å². The molecule has 2 rings (SSSR count). The van der Waals surface area contributed by atoms with Crippen LogP contribution in [-0.2, 0) is 6.42 Å². The van der Waals surface area contributed by atoms with Crippen LogP contribution in [-0.4, -0.2) is 21.9 Å². The van der Waals surface area contributed by atoms with E-state index in [0.29, 0.717) is 0 Å². The molecule has 1 aromatic carbocycles. The molecular formula is C12H15N3O. The molecule has 0 saturated heterocycles. The van der Waals surface area contributed by atoms with E-state index in [-0.39, 0.29) is 0 Å². The summed E-state index contributed by atoms with van der Waals surface area (Å²) in [6, 6.07) is 6.01. The predicted octanol–water partition coefficient (Wildman–Crippen LogP) is 2.15. The summed E-state index contributed by atoms with van der Waals surface area (Å²) in [4.78, 5) is 4.21. The molecule has 0 radical (unpaired) electrons. The van der Waals surface area contributed by atoms with Crippen LogP contribution in [0.25, 0.3) is 5.69 Å². The molecule has 2 aromatic rings. The van der Waals surface area contributed by atoms with Crippen LogP contribution in [0.15, 0.2) is 24.5 Å². The fourth-order valence-electron chi connectivity index (χ4n) is 1.55. The zero-order valence-corrected chi connectivity index (χ0v) is 9.77. The summed E-state index contributed by atoms with van der Waals surface area (Å²) in [6.07, 6.45) is 2.55. The highest BCUT2D eigenvalue weighted by atomic mass is 16.5. The summed E-state index contributed by atoms with van der Waals surface area (Å²) >= 11 is 0. The topological polar surface area (TPSA) is 39.9 Å². The van der Waals surface area contributed by atoms with E-state index in [1.54, 1.807) is 18.1 Å². The third-order valence-corrected chi connectivity index (χ3v) is 2.44. The largest absolute Gasteiger partial charge is 0.494 e. The lowest BCUT2D eigenvalue weighted by molar-refractivity contribution is 0.411. The van der Waals surface area contributed by atoms with Gasteiger partial charge >= 0.3 is 0 Å². The van der Waals surface area contributed by atoms with Crippen molar-refractivity contribution in [1.82, 2.24) is 14.8 Å². The number of hydrogen-bond acceptors (Lipinski definition) is 3. The van der Waals surface area contributed by atoms with Crippen molar-refractivity contribution in [3.63, 3.8) is 0 Å². The van der Waals surface area contributed by atoms with Crippen LogP contribution in [0.5, 0.6) is 5.75 Å². The zero-order valence-electron chi connectivity index (χ0n) is 9.77. The minimum Gasteiger partial charge on any atom is -0.494 e. The molecule has 0 bridgehead atoms. The lowest BCUT2D eigenvalue weighted by atomic mass is 10.2. The third kappa shape index (κ3) is 1.91. The van der Waals surface area contributed by atoms with Crippen molar-refractivity contribution in [2.24, 2.45) is 0 Å². The van der Waals surface area contributed by atoms with Crippen LogP contribution < -0.4 is 4.74 Å². The Balaban J connectivity index is 2.46. The summed E-state index contributed by atoms with van der Waals surface area (Å²) < 4.78 is 7.08. The number of hydrogen-bond donors (Lipinski definition) is 0. The first-order valence-electron chi connectivity index (χ1n) is 5.30. The second kappa shape index (κ2) is 4.35. The molecule has 0 aliphatic rings. The van der Waals surface area contributed by atoms with Crippen molar-refractivity contribution in [1.29, 1.82) is 0 Å². The first-order valence-corrected chi connectivity index (χ1v) is 5.30. The molecule has 0 aliphatic heterocycles. The molecule has 1 aromatic heterocycles. The normalized spacial score (nSPS) is 10.4. The van der Waals surface area contributed by atoms with E-state index in [9.17, 15) is 0 Å². The number of rotatable bonds is 3. The molecule has 0 amide bonds. The maximum atomic E-state index is 5.33. The van der Waals surface area contributed by atoms with Gasteiger partial charge in [-0.15, -0.1) is 0 Å². The second-order valence-electron chi connectivity index (χ2n) is 3.63. The molecule has 0 aliphatic carbocycles. The zero-order chi connectivity index (χ0) is 11.5. The predicted molar refractivity (Wildman–Crippen MR) is 62.0 cm³/mol. The van der Waals surface area contributed by atoms with Gasteiger partial charge in [0.05, 0.1) is 7.11 Å². The summed E-state index contributed by atoms with van der Waals surface area (Å²) in [6.45, 7) is 4.07. The molecule has 0 N–H and O–H groups in total. The number of methoxy groups -OCH3 is 1. The maximum Gasteiger partial charge on any atom is 0.150 e. The van der Waals surface area contributed by atoms with E-state index in [4.69, 9.17) is 4.74 Å². The average Bonchev–Trinajstić information content (AvgIpc) is 2.77. The van der Waals surface area contributed by atoms with Crippen molar-refractivity contribution in [3.8, 4) is 11.4 Å². The van der Waals surface area contributed by atoms with Gasteiger partial charge in [-0.3, -0.25) is 0 Å². The average molecular weight is 217 g/mol. The molecule has 4 heteroatoms. The van der Waals surface area contributed by atoms with Crippen LogP contribution in [0, 0.1) is 6.92 Å². The first kappa shape index (κ1) is 10.7. The van der Waals surface area contributed by atoms with Crippen LogP contribution in [0.2, 0.25) is 0 Å². The van der Waals surface area contributed by atoms with Gasteiger partial charge in [-0.25, -0.2) is 9.67 Å². The van der Waals surface area contributed by atoms with Crippen LogP contribution in [0.4, 0.5) is 0 Å². The number of ether oxygens (including phenoxy) is 1. The molecule has 0 spiro atoms. The molecule has 4 nitrogen and oxygen atoms in total. The Hall–Kier alpha value is -1.84. The minimum absolute atomic E-state index is 0.813. The first-order chi connectivity index (χ1) is 7.74. The Kier molecular flexibility index (Phi) is 2.90. The number of aryl methyl sites for hydroxylation is 2. The van der Waals surface area contributed by atoms with E-state index >= 15 is 0 Å². The SMILES string of the molecule is CCc1ncn(-c2ccc(C)cc2OC)n1. The van der Waals surface area contributed by atoms with Crippen molar-refractivity contribution < 1.29 is 4.74 Å². The van der Waals surface area contributed by atoms with Crippen molar-refractivity contribution in [3.05, 3.63) is 35.9 Å². The van der Waals surface area contributed by atoms with E-state index in [0.717, 1.165) is 29.2 Å². The lowest BCUT2D eigenvalue weighted by Gasteiger charge is -2.08. The highest BCUT2D eigenvalue weighted by Crippen LogP contribution is 2.23. The standard InChI is InChI=1S/C12H15N3O/c1-4-12-13-8-15(14-12)10-6-5-9(2)7-11(10)16-3/h5-8H,4H2,1-3H3. The Morgan fingerprint density at radius 3 is 2.81 bits per heavy atom. The fourth-order valence-corrected chi connectivity index (χ4v) is 1.55. The summed E-state index contributed by atoms with van der Waals surface area (Å²) in [5.41, 5.74) is 2.08. The maximum absolute atomic E-state index is 5.33. The van der Waals surface area contributed by atoms with Gasteiger partial charge in [0.1, 0.15) is 17.8 Å². The van der Waals surface area contributed by atoms with Gasteiger partial charge in [-0.1, -0.05) is 13.0 Å². The highest BCUT2D eigenvalue weighted by Gasteiger charge is 2.07. The molecule has 84 valence electrons. The quantitative estimate of drug-likeness (QED) is 0.790. The van der Waals surface area contributed by atoms with Gasteiger partial charge in [0, 0.05) is 6.42 Å². The highest BCUT2D eigenvalue weighted by molar-refractivity contribution is 5.47. The molecule has 1 heterocycles. The van der Waals surface area contributed by atoms with Gasteiger partial charge in [-0.2, -0.15) is 5.10 Å². The van der Waals surface area contributed by atoms with Crippen molar-refractivity contribution in [2.45, 2.75) is 20.3 Å². The number of nitrogens with zero attached hydrogens (tertiary/aromatic N) is 3. The number of benzene rings is 1.